The van der Waals surface area contributed by atoms with E-state index < -0.39 is 0 Å². The maximum absolute atomic E-state index is 5.59. The standard InChI is InChI=1S/C21H16BrNO2/c22-15-7-10-20-18(13-15)17-3-1-2-4-19(17)23(20)16-8-5-14(6-9-16)21-24-11-12-25-21/h1-10,13,21H,11-12H2. The van der Waals surface area contributed by atoms with E-state index in [1.165, 1.54) is 21.8 Å². The molecule has 124 valence electrons. The van der Waals surface area contributed by atoms with Crippen LogP contribution < -0.4 is 0 Å². The molecule has 3 aromatic carbocycles. The predicted octanol–water partition coefficient (Wildman–Crippen LogP) is 5.59. The van der Waals surface area contributed by atoms with E-state index in [1.54, 1.807) is 0 Å². The number of hydrogen-bond acceptors (Lipinski definition) is 2. The first-order valence-electron chi connectivity index (χ1n) is 8.33. The average molecular weight is 394 g/mol. The largest absolute Gasteiger partial charge is 0.346 e. The number of hydrogen-bond donors (Lipinski definition) is 0. The van der Waals surface area contributed by atoms with Crippen LogP contribution in [0.1, 0.15) is 11.9 Å². The zero-order valence-corrected chi connectivity index (χ0v) is 15.1. The van der Waals surface area contributed by atoms with E-state index in [0.717, 1.165) is 15.7 Å². The van der Waals surface area contributed by atoms with Crippen molar-refractivity contribution in [2.24, 2.45) is 0 Å². The highest BCUT2D eigenvalue weighted by molar-refractivity contribution is 9.10. The number of nitrogens with zero attached hydrogens (tertiary/aromatic N) is 1. The maximum Gasteiger partial charge on any atom is 0.184 e. The first kappa shape index (κ1) is 15.1. The van der Waals surface area contributed by atoms with E-state index in [-0.39, 0.29) is 6.29 Å². The van der Waals surface area contributed by atoms with Crippen molar-refractivity contribution < 1.29 is 9.47 Å². The summed E-state index contributed by atoms with van der Waals surface area (Å²) >= 11 is 3.59. The molecule has 0 spiro atoms. The van der Waals surface area contributed by atoms with Crippen LogP contribution in [0, 0.1) is 0 Å². The van der Waals surface area contributed by atoms with Crippen molar-refractivity contribution in [1.29, 1.82) is 0 Å². The zero-order chi connectivity index (χ0) is 16.8. The van der Waals surface area contributed by atoms with Crippen LogP contribution in [0.25, 0.3) is 27.5 Å². The minimum absolute atomic E-state index is 0.233. The number of benzene rings is 3. The summed E-state index contributed by atoms with van der Waals surface area (Å²) in [5, 5.41) is 2.50. The summed E-state index contributed by atoms with van der Waals surface area (Å²) < 4.78 is 14.6. The summed E-state index contributed by atoms with van der Waals surface area (Å²) in [5.74, 6) is 0. The molecule has 1 aliphatic heterocycles. The van der Waals surface area contributed by atoms with E-state index in [2.05, 4.69) is 87.2 Å². The molecular formula is C21H16BrNO2. The second kappa shape index (κ2) is 5.99. The highest BCUT2D eigenvalue weighted by Gasteiger charge is 2.18. The van der Waals surface area contributed by atoms with Crippen LogP contribution in [-0.4, -0.2) is 17.8 Å². The molecular weight excluding hydrogens is 378 g/mol. The third-order valence-electron chi connectivity index (χ3n) is 4.68. The van der Waals surface area contributed by atoms with Crippen LogP contribution in [0.2, 0.25) is 0 Å². The fourth-order valence-corrected chi connectivity index (χ4v) is 3.92. The van der Waals surface area contributed by atoms with Crippen LogP contribution >= 0.6 is 15.9 Å². The summed E-state index contributed by atoms with van der Waals surface area (Å²) in [5.41, 5.74) is 4.60. The molecule has 0 saturated carbocycles. The topological polar surface area (TPSA) is 23.4 Å². The number of para-hydroxylation sites is 1. The van der Waals surface area contributed by atoms with Gasteiger partial charge in [0.1, 0.15) is 0 Å². The SMILES string of the molecule is Brc1ccc2c(c1)c1ccccc1n2-c1ccc(C2OCCO2)cc1. The highest BCUT2D eigenvalue weighted by Crippen LogP contribution is 2.34. The lowest BCUT2D eigenvalue weighted by Gasteiger charge is -2.12. The van der Waals surface area contributed by atoms with Gasteiger partial charge in [-0.3, -0.25) is 0 Å². The summed E-state index contributed by atoms with van der Waals surface area (Å²) in [6.07, 6.45) is -0.233. The van der Waals surface area contributed by atoms with Crippen LogP contribution in [0.4, 0.5) is 0 Å². The first-order valence-corrected chi connectivity index (χ1v) is 9.13. The van der Waals surface area contributed by atoms with E-state index in [9.17, 15) is 0 Å². The normalized spacial score (nSPS) is 15.4. The van der Waals surface area contributed by atoms with Crippen LogP contribution in [0.5, 0.6) is 0 Å². The Morgan fingerprint density at radius 3 is 2.32 bits per heavy atom. The van der Waals surface area contributed by atoms with Gasteiger partial charge < -0.3 is 14.0 Å². The molecule has 1 fully saturated rings. The van der Waals surface area contributed by atoms with Crippen molar-refractivity contribution in [3.8, 4) is 5.69 Å². The maximum atomic E-state index is 5.59. The minimum atomic E-state index is -0.233. The van der Waals surface area contributed by atoms with Gasteiger partial charge in [0.05, 0.1) is 24.2 Å². The lowest BCUT2D eigenvalue weighted by atomic mass is 10.2. The molecule has 1 aromatic heterocycles. The number of rotatable bonds is 2. The molecule has 3 nitrogen and oxygen atoms in total. The molecule has 1 aliphatic rings. The van der Waals surface area contributed by atoms with E-state index in [1.807, 2.05) is 0 Å². The summed E-state index contributed by atoms with van der Waals surface area (Å²) in [6.45, 7) is 1.32. The molecule has 0 atom stereocenters. The molecule has 0 amide bonds. The molecule has 1 saturated heterocycles. The van der Waals surface area contributed by atoms with Gasteiger partial charge in [-0.15, -0.1) is 0 Å². The quantitative estimate of drug-likeness (QED) is 0.442. The van der Waals surface area contributed by atoms with Gasteiger partial charge in [-0.05, 0) is 36.4 Å². The Morgan fingerprint density at radius 1 is 0.800 bits per heavy atom. The fraction of sp³-hybridized carbons (Fsp3) is 0.143. The molecule has 0 radical (unpaired) electrons. The van der Waals surface area contributed by atoms with Crippen molar-refractivity contribution in [2.75, 3.05) is 13.2 Å². The molecule has 25 heavy (non-hydrogen) atoms. The Balaban J connectivity index is 1.71. The van der Waals surface area contributed by atoms with E-state index >= 15 is 0 Å². The van der Waals surface area contributed by atoms with Crippen LogP contribution in [-0.2, 0) is 9.47 Å². The molecule has 2 heterocycles. The molecule has 5 rings (SSSR count). The van der Waals surface area contributed by atoms with Crippen molar-refractivity contribution in [1.82, 2.24) is 4.57 Å². The highest BCUT2D eigenvalue weighted by atomic mass is 79.9. The molecule has 0 aliphatic carbocycles. The van der Waals surface area contributed by atoms with E-state index in [0.29, 0.717) is 13.2 Å². The summed E-state index contributed by atoms with van der Waals surface area (Å²) in [7, 11) is 0. The smallest absolute Gasteiger partial charge is 0.184 e. The number of halogens is 1. The van der Waals surface area contributed by atoms with Crippen molar-refractivity contribution in [2.45, 2.75) is 6.29 Å². The lowest BCUT2D eigenvalue weighted by molar-refractivity contribution is -0.0441. The molecule has 0 bridgehead atoms. The average Bonchev–Trinajstić information content (AvgIpc) is 3.28. The number of fused-ring (bicyclic) bond motifs is 3. The second-order valence-electron chi connectivity index (χ2n) is 6.18. The summed E-state index contributed by atoms with van der Waals surface area (Å²) in [6, 6.07) is 23.4. The van der Waals surface area contributed by atoms with Crippen molar-refractivity contribution in [3.63, 3.8) is 0 Å². The van der Waals surface area contributed by atoms with Gasteiger partial charge >= 0.3 is 0 Å². The first-order chi connectivity index (χ1) is 12.3. The third-order valence-corrected chi connectivity index (χ3v) is 5.17. The molecule has 4 aromatic rings. The van der Waals surface area contributed by atoms with Gasteiger partial charge in [0, 0.05) is 26.5 Å². The van der Waals surface area contributed by atoms with Gasteiger partial charge in [-0.2, -0.15) is 0 Å². The Kier molecular flexibility index (Phi) is 3.63. The lowest BCUT2D eigenvalue weighted by Crippen LogP contribution is -1.99. The van der Waals surface area contributed by atoms with Crippen molar-refractivity contribution >= 4 is 37.7 Å². The fourth-order valence-electron chi connectivity index (χ4n) is 3.55. The Hall–Kier alpha value is -2.14. The van der Waals surface area contributed by atoms with Gasteiger partial charge in [0.2, 0.25) is 0 Å². The predicted molar refractivity (Wildman–Crippen MR) is 103 cm³/mol. The number of aromatic nitrogens is 1. The molecule has 0 unspecified atom stereocenters. The second-order valence-corrected chi connectivity index (χ2v) is 7.09. The Morgan fingerprint density at radius 2 is 1.52 bits per heavy atom. The monoisotopic (exact) mass is 393 g/mol. The summed E-state index contributed by atoms with van der Waals surface area (Å²) in [4.78, 5) is 0. The van der Waals surface area contributed by atoms with Crippen molar-refractivity contribution in [3.05, 3.63) is 76.8 Å². The molecule has 0 N–H and O–H groups in total. The van der Waals surface area contributed by atoms with Gasteiger partial charge in [0.25, 0.3) is 0 Å². The molecule has 4 heteroatoms. The zero-order valence-electron chi connectivity index (χ0n) is 13.5. The van der Waals surface area contributed by atoms with Crippen LogP contribution in [0.15, 0.2) is 71.2 Å². The minimum Gasteiger partial charge on any atom is -0.346 e. The van der Waals surface area contributed by atoms with Gasteiger partial charge in [-0.1, -0.05) is 46.3 Å². The third kappa shape index (κ3) is 2.49. The van der Waals surface area contributed by atoms with Gasteiger partial charge in [0.15, 0.2) is 6.29 Å². The van der Waals surface area contributed by atoms with Crippen LogP contribution in [0.3, 0.4) is 0 Å². The van der Waals surface area contributed by atoms with Gasteiger partial charge in [-0.25, -0.2) is 0 Å². The Bertz CT molecular complexity index is 1060. The van der Waals surface area contributed by atoms with E-state index in [4.69, 9.17) is 9.47 Å². The number of ether oxygens (including phenoxy) is 2. The Labute approximate surface area is 153 Å².